The number of likely N-dealkylation sites (tertiary alicyclic amines) is 3. The average Bonchev–Trinajstić information content (AvgIpc) is 3.60. The van der Waals surface area contributed by atoms with Crippen molar-refractivity contribution in [3.63, 3.8) is 0 Å². The minimum atomic E-state index is -0.201. The Morgan fingerprint density at radius 2 is 1.67 bits per heavy atom. The quantitative estimate of drug-likeness (QED) is 0.548. The van der Waals surface area contributed by atoms with E-state index in [4.69, 9.17) is 4.74 Å². The number of urea groups is 1. The number of hydrogen-bond acceptors (Lipinski definition) is 4. The summed E-state index contributed by atoms with van der Waals surface area (Å²) in [5.74, 6) is 1.93. The Morgan fingerprint density at radius 1 is 0.974 bits per heavy atom. The van der Waals surface area contributed by atoms with Crippen LogP contribution in [0.25, 0.3) is 0 Å². The van der Waals surface area contributed by atoms with Gasteiger partial charge in [0.25, 0.3) is 0 Å². The predicted molar refractivity (Wildman–Crippen MR) is 154 cm³/mol. The van der Waals surface area contributed by atoms with Crippen molar-refractivity contribution in [2.24, 2.45) is 11.3 Å². The standard InChI is InChI=1S/C31H40N4O3.ClH/c1-38-27-11-7-23(8-12-27)19-34-18-15-31(29(34)36)13-16-33(17-14-31)20-25-21-35(30(37)32-26-9-10-26)22-28(25)24-5-3-2-4-6-24;/h2-8,11-12,25-26,28H,9-10,13-22H2,1H3,(H,32,37);1H/t25-,28+;/m0./s1. The number of rotatable bonds is 7. The van der Waals surface area contributed by atoms with E-state index in [0.29, 0.717) is 30.3 Å². The van der Waals surface area contributed by atoms with Crippen molar-refractivity contribution < 1.29 is 14.3 Å². The molecule has 8 heteroatoms. The molecule has 3 amide bonds. The summed E-state index contributed by atoms with van der Waals surface area (Å²) in [4.78, 5) is 33.0. The van der Waals surface area contributed by atoms with E-state index in [9.17, 15) is 9.59 Å². The number of ether oxygens (including phenoxy) is 1. The van der Waals surface area contributed by atoms with E-state index in [2.05, 4.69) is 57.6 Å². The molecule has 2 aromatic rings. The van der Waals surface area contributed by atoms with Crippen LogP contribution in [-0.4, -0.2) is 79.1 Å². The zero-order valence-electron chi connectivity index (χ0n) is 22.9. The normalized spacial score (nSPS) is 24.6. The molecule has 0 radical (unpaired) electrons. The van der Waals surface area contributed by atoms with E-state index < -0.39 is 0 Å². The lowest BCUT2D eigenvalue weighted by Crippen LogP contribution is -2.46. The maximum atomic E-state index is 13.5. The van der Waals surface area contributed by atoms with E-state index in [0.717, 1.165) is 82.7 Å². The number of methoxy groups -OCH3 is 1. The van der Waals surface area contributed by atoms with E-state index >= 15 is 0 Å². The third-order valence-electron chi connectivity index (χ3n) is 9.30. The summed E-state index contributed by atoms with van der Waals surface area (Å²) >= 11 is 0. The molecule has 1 aliphatic carbocycles. The maximum Gasteiger partial charge on any atom is 0.317 e. The second-order valence-electron chi connectivity index (χ2n) is 11.8. The molecule has 2 atom stereocenters. The van der Waals surface area contributed by atoms with Gasteiger partial charge in [0.15, 0.2) is 0 Å². The molecule has 0 bridgehead atoms. The average molecular weight is 553 g/mol. The lowest BCUT2D eigenvalue weighted by atomic mass is 9.76. The second kappa shape index (κ2) is 11.8. The summed E-state index contributed by atoms with van der Waals surface area (Å²) in [5.41, 5.74) is 2.28. The van der Waals surface area contributed by atoms with Crippen LogP contribution in [0.1, 0.15) is 49.1 Å². The monoisotopic (exact) mass is 552 g/mol. The van der Waals surface area contributed by atoms with Crippen molar-refractivity contribution >= 4 is 24.3 Å². The molecular formula is C31H41ClN4O3. The van der Waals surface area contributed by atoms with Crippen LogP contribution < -0.4 is 10.1 Å². The molecule has 6 rings (SSSR count). The Balaban J connectivity index is 0.00000308. The maximum absolute atomic E-state index is 13.5. The van der Waals surface area contributed by atoms with Crippen molar-refractivity contribution in [2.75, 3.05) is 46.4 Å². The predicted octanol–water partition coefficient (Wildman–Crippen LogP) is 4.52. The Bertz CT molecular complexity index is 1130. The smallest absolute Gasteiger partial charge is 0.317 e. The molecule has 39 heavy (non-hydrogen) atoms. The zero-order valence-corrected chi connectivity index (χ0v) is 23.7. The Labute approximate surface area is 238 Å². The summed E-state index contributed by atoms with van der Waals surface area (Å²) in [6.07, 6.45) is 5.04. The third kappa shape index (κ3) is 6.04. The van der Waals surface area contributed by atoms with E-state index in [-0.39, 0.29) is 23.9 Å². The first-order chi connectivity index (χ1) is 18.5. The topological polar surface area (TPSA) is 65.1 Å². The highest BCUT2D eigenvalue weighted by molar-refractivity contribution is 5.85. The number of amides is 3. The third-order valence-corrected chi connectivity index (χ3v) is 9.30. The SMILES string of the molecule is COc1ccc(CN2CCC3(CCN(C[C@H]4CN(C(=O)NC5CC5)C[C@@H]4c4ccccc4)CC3)C2=O)cc1.Cl. The summed E-state index contributed by atoms with van der Waals surface area (Å²) < 4.78 is 5.27. The Morgan fingerprint density at radius 3 is 2.33 bits per heavy atom. The fraction of sp³-hybridized carbons (Fsp3) is 0.548. The van der Waals surface area contributed by atoms with Gasteiger partial charge in [0, 0.05) is 44.7 Å². The van der Waals surface area contributed by atoms with Crippen LogP contribution >= 0.6 is 12.4 Å². The van der Waals surface area contributed by atoms with Crippen LogP contribution in [0.15, 0.2) is 54.6 Å². The van der Waals surface area contributed by atoms with Crippen LogP contribution in [0.2, 0.25) is 0 Å². The first-order valence-corrected chi connectivity index (χ1v) is 14.3. The molecule has 4 aliphatic rings. The van der Waals surface area contributed by atoms with Gasteiger partial charge < -0.3 is 24.8 Å². The van der Waals surface area contributed by atoms with Crippen molar-refractivity contribution in [1.29, 1.82) is 0 Å². The lowest BCUT2D eigenvalue weighted by molar-refractivity contribution is -0.139. The number of benzene rings is 2. The molecule has 3 aliphatic heterocycles. The van der Waals surface area contributed by atoms with Gasteiger partial charge in [-0.25, -0.2) is 4.79 Å². The van der Waals surface area contributed by atoms with Crippen LogP contribution in [0, 0.1) is 11.3 Å². The highest BCUT2D eigenvalue weighted by Gasteiger charge is 2.48. The number of halogens is 1. The summed E-state index contributed by atoms with van der Waals surface area (Å²) in [6, 6.07) is 19.2. The van der Waals surface area contributed by atoms with E-state index in [1.807, 2.05) is 17.0 Å². The van der Waals surface area contributed by atoms with Gasteiger partial charge >= 0.3 is 6.03 Å². The minimum absolute atomic E-state index is 0. The van der Waals surface area contributed by atoms with Crippen LogP contribution in [0.5, 0.6) is 5.75 Å². The summed E-state index contributed by atoms with van der Waals surface area (Å²) in [7, 11) is 1.67. The van der Waals surface area contributed by atoms with Crippen LogP contribution in [-0.2, 0) is 11.3 Å². The highest BCUT2D eigenvalue weighted by atomic mass is 35.5. The minimum Gasteiger partial charge on any atom is -0.497 e. The van der Waals surface area contributed by atoms with Gasteiger partial charge in [0.1, 0.15) is 5.75 Å². The molecule has 0 unspecified atom stereocenters. The van der Waals surface area contributed by atoms with Gasteiger partial charge in [-0.15, -0.1) is 12.4 Å². The molecule has 210 valence electrons. The number of carbonyl (C=O) groups is 2. The van der Waals surface area contributed by atoms with Crippen molar-refractivity contribution in [1.82, 2.24) is 20.0 Å². The fourth-order valence-electron chi connectivity index (χ4n) is 6.75. The highest BCUT2D eigenvalue weighted by Crippen LogP contribution is 2.43. The van der Waals surface area contributed by atoms with Crippen molar-refractivity contribution in [3.05, 3.63) is 65.7 Å². The Hall–Kier alpha value is -2.77. The molecule has 3 saturated heterocycles. The summed E-state index contributed by atoms with van der Waals surface area (Å²) in [6.45, 7) is 5.98. The molecule has 7 nitrogen and oxygen atoms in total. The second-order valence-corrected chi connectivity index (χ2v) is 11.8. The van der Waals surface area contributed by atoms with Crippen LogP contribution in [0.4, 0.5) is 4.79 Å². The fourth-order valence-corrected chi connectivity index (χ4v) is 6.75. The van der Waals surface area contributed by atoms with Crippen molar-refractivity contribution in [3.8, 4) is 5.75 Å². The summed E-state index contributed by atoms with van der Waals surface area (Å²) in [5, 5.41) is 3.18. The number of hydrogen-bond donors (Lipinski definition) is 1. The molecule has 1 spiro atoms. The van der Waals surface area contributed by atoms with Gasteiger partial charge in [-0.1, -0.05) is 42.5 Å². The largest absolute Gasteiger partial charge is 0.497 e. The zero-order chi connectivity index (χ0) is 26.1. The van der Waals surface area contributed by atoms with E-state index in [1.54, 1.807) is 7.11 Å². The van der Waals surface area contributed by atoms with Gasteiger partial charge in [0.2, 0.25) is 5.91 Å². The first-order valence-electron chi connectivity index (χ1n) is 14.3. The number of nitrogens with zero attached hydrogens (tertiary/aromatic N) is 3. The van der Waals surface area contributed by atoms with Crippen molar-refractivity contribution in [2.45, 2.75) is 50.6 Å². The number of nitrogens with one attached hydrogen (secondary N) is 1. The lowest BCUT2D eigenvalue weighted by Gasteiger charge is -2.39. The molecule has 4 fully saturated rings. The van der Waals surface area contributed by atoms with Gasteiger partial charge in [-0.05, 0) is 74.4 Å². The van der Waals surface area contributed by atoms with Crippen LogP contribution in [0.3, 0.4) is 0 Å². The molecule has 1 N–H and O–H groups in total. The Kier molecular flexibility index (Phi) is 8.38. The number of piperidine rings is 1. The molecule has 3 heterocycles. The van der Waals surface area contributed by atoms with E-state index in [1.165, 1.54) is 5.56 Å². The molecular weight excluding hydrogens is 512 g/mol. The van der Waals surface area contributed by atoms with Gasteiger partial charge in [-0.2, -0.15) is 0 Å². The first kappa shape index (κ1) is 27.8. The molecule has 1 saturated carbocycles. The molecule has 0 aromatic heterocycles. The van der Waals surface area contributed by atoms with Gasteiger partial charge in [-0.3, -0.25) is 4.79 Å². The number of carbonyl (C=O) groups excluding carboxylic acids is 2. The van der Waals surface area contributed by atoms with Gasteiger partial charge in [0.05, 0.1) is 12.5 Å². The molecule has 2 aromatic carbocycles.